The summed E-state index contributed by atoms with van der Waals surface area (Å²) >= 11 is 3.47. The van der Waals surface area contributed by atoms with E-state index in [0.29, 0.717) is 0 Å². The quantitative estimate of drug-likeness (QED) is 0.527. The summed E-state index contributed by atoms with van der Waals surface area (Å²) in [6.45, 7) is 0.447. The lowest BCUT2D eigenvalue weighted by molar-refractivity contribution is -0.129. The van der Waals surface area contributed by atoms with E-state index in [1.165, 1.54) is 4.90 Å². The van der Waals surface area contributed by atoms with Gasteiger partial charge < -0.3 is 4.74 Å². The van der Waals surface area contributed by atoms with Crippen LogP contribution in [0.5, 0.6) is 0 Å². The van der Waals surface area contributed by atoms with Crippen LogP contribution < -0.4 is 5.01 Å². The number of halogens is 1. The summed E-state index contributed by atoms with van der Waals surface area (Å²) in [4.78, 5) is 27.2. The van der Waals surface area contributed by atoms with E-state index >= 15 is 0 Å². The van der Waals surface area contributed by atoms with Crippen LogP contribution in [0.25, 0.3) is 0 Å². The van der Waals surface area contributed by atoms with Crippen LogP contribution in [0.1, 0.15) is 17.0 Å². The van der Waals surface area contributed by atoms with Crippen molar-refractivity contribution in [2.45, 2.75) is 12.0 Å². The van der Waals surface area contributed by atoms with Crippen molar-refractivity contribution < 1.29 is 14.3 Å². The largest absolute Gasteiger partial charge is 0.447 e. The molecule has 2 aliphatic rings. The number of rotatable bonds is 4. The van der Waals surface area contributed by atoms with Crippen LogP contribution in [0.2, 0.25) is 0 Å². The van der Waals surface area contributed by atoms with Crippen LogP contribution in [-0.4, -0.2) is 41.8 Å². The molecule has 160 valence electrons. The molecule has 0 aromatic heterocycles. The SMILES string of the molecule is O=C1OCCN1C(=O)[C@@H]1[C@@H](c2ccccc2)C(c2ccccc2)=NN1c1ccc(Br)cc1. The Bertz CT molecular complexity index is 1170. The van der Waals surface area contributed by atoms with Crippen molar-refractivity contribution in [2.75, 3.05) is 18.2 Å². The number of hydrogen-bond acceptors (Lipinski definition) is 5. The Kier molecular flexibility index (Phi) is 5.49. The molecular weight excluding hydrogens is 470 g/mol. The fraction of sp³-hybridized carbons (Fsp3) is 0.160. The van der Waals surface area contributed by atoms with Gasteiger partial charge in [0, 0.05) is 4.47 Å². The van der Waals surface area contributed by atoms with Crippen LogP contribution in [0.3, 0.4) is 0 Å². The minimum atomic E-state index is -0.723. The molecule has 32 heavy (non-hydrogen) atoms. The van der Waals surface area contributed by atoms with Gasteiger partial charge in [-0.05, 0) is 35.4 Å². The smallest absolute Gasteiger partial charge is 0.416 e. The highest BCUT2D eigenvalue weighted by molar-refractivity contribution is 9.10. The summed E-state index contributed by atoms with van der Waals surface area (Å²) in [6.07, 6.45) is -0.606. The maximum Gasteiger partial charge on any atom is 0.416 e. The number of carbonyl (C=O) groups excluding carboxylic acids is 2. The van der Waals surface area contributed by atoms with E-state index < -0.39 is 12.1 Å². The molecule has 5 rings (SSSR count). The third-order valence-corrected chi connectivity index (χ3v) is 6.22. The average molecular weight is 490 g/mol. The first-order chi connectivity index (χ1) is 15.6. The van der Waals surface area contributed by atoms with Gasteiger partial charge in [0.1, 0.15) is 12.6 Å². The topological polar surface area (TPSA) is 62.2 Å². The molecule has 1 fully saturated rings. The number of imide groups is 1. The van der Waals surface area contributed by atoms with Gasteiger partial charge in [-0.25, -0.2) is 9.69 Å². The fourth-order valence-electron chi connectivity index (χ4n) is 4.19. The van der Waals surface area contributed by atoms with Gasteiger partial charge in [-0.2, -0.15) is 5.10 Å². The van der Waals surface area contributed by atoms with Gasteiger partial charge >= 0.3 is 6.09 Å². The van der Waals surface area contributed by atoms with Crippen molar-refractivity contribution in [1.29, 1.82) is 0 Å². The molecule has 2 amide bonds. The van der Waals surface area contributed by atoms with Crippen molar-refractivity contribution >= 4 is 39.3 Å². The average Bonchev–Trinajstić information content (AvgIpc) is 3.44. The van der Waals surface area contributed by atoms with E-state index in [-0.39, 0.29) is 25.0 Å². The molecule has 0 radical (unpaired) electrons. The highest BCUT2D eigenvalue weighted by Gasteiger charge is 2.48. The molecule has 3 aromatic carbocycles. The van der Waals surface area contributed by atoms with Gasteiger partial charge in [0.15, 0.2) is 0 Å². The summed E-state index contributed by atoms with van der Waals surface area (Å²) in [5.41, 5.74) is 3.44. The molecule has 2 aliphatic heterocycles. The second kappa shape index (κ2) is 8.59. The van der Waals surface area contributed by atoms with Crippen LogP contribution in [0.15, 0.2) is 94.5 Å². The van der Waals surface area contributed by atoms with Crippen molar-refractivity contribution in [2.24, 2.45) is 5.10 Å². The lowest BCUT2D eigenvalue weighted by Gasteiger charge is -2.29. The Morgan fingerprint density at radius 1 is 0.938 bits per heavy atom. The number of hydrogen-bond donors (Lipinski definition) is 0. The van der Waals surface area contributed by atoms with Crippen LogP contribution in [0.4, 0.5) is 10.5 Å². The summed E-state index contributed by atoms with van der Waals surface area (Å²) in [6, 6.07) is 26.6. The highest BCUT2D eigenvalue weighted by atomic mass is 79.9. The third-order valence-electron chi connectivity index (χ3n) is 5.69. The Balaban J connectivity index is 1.67. The molecule has 1 saturated heterocycles. The zero-order chi connectivity index (χ0) is 22.1. The summed E-state index contributed by atoms with van der Waals surface area (Å²) in [5.74, 6) is -0.679. The second-order valence-electron chi connectivity index (χ2n) is 7.61. The zero-order valence-corrected chi connectivity index (χ0v) is 18.7. The first kappa shape index (κ1) is 20.5. The summed E-state index contributed by atoms with van der Waals surface area (Å²) < 4.78 is 5.99. The molecule has 0 aliphatic carbocycles. The second-order valence-corrected chi connectivity index (χ2v) is 8.53. The molecule has 2 atom stereocenters. The molecule has 0 saturated carbocycles. The molecule has 7 heteroatoms. The zero-order valence-electron chi connectivity index (χ0n) is 17.1. The number of benzene rings is 3. The maximum atomic E-state index is 13.8. The first-order valence-electron chi connectivity index (χ1n) is 10.4. The van der Waals surface area contributed by atoms with Crippen LogP contribution in [0, 0.1) is 0 Å². The Labute approximate surface area is 194 Å². The lowest BCUT2D eigenvalue weighted by Crippen LogP contribution is -2.48. The molecule has 6 nitrogen and oxygen atoms in total. The van der Waals surface area contributed by atoms with Gasteiger partial charge in [0.05, 0.1) is 23.9 Å². The standard InChI is InChI=1S/C25H20BrN3O3/c26-19-11-13-20(14-12-19)29-23(24(30)28-15-16-32-25(28)31)21(17-7-3-1-4-8-17)22(27-29)18-9-5-2-6-10-18/h1-14,21,23H,15-16H2/t21-,23-/m0/s1. The van der Waals surface area contributed by atoms with E-state index in [1.54, 1.807) is 5.01 Å². The van der Waals surface area contributed by atoms with E-state index in [4.69, 9.17) is 9.84 Å². The van der Waals surface area contributed by atoms with Gasteiger partial charge in [-0.3, -0.25) is 9.80 Å². The van der Waals surface area contributed by atoms with Crippen molar-refractivity contribution in [3.05, 3.63) is 101 Å². The first-order valence-corrected chi connectivity index (χ1v) is 11.1. The van der Waals surface area contributed by atoms with Gasteiger partial charge in [0.25, 0.3) is 5.91 Å². The maximum absolute atomic E-state index is 13.8. The Morgan fingerprint density at radius 2 is 1.59 bits per heavy atom. The van der Waals surface area contributed by atoms with Gasteiger partial charge in [0.2, 0.25) is 0 Å². The number of ether oxygens (including phenoxy) is 1. The van der Waals surface area contributed by atoms with E-state index in [1.807, 2.05) is 84.9 Å². The van der Waals surface area contributed by atoms with Gasteiger partial charge in [-0.1, -0.05) is 76.6 Å². The normalized spacial score (nSPS) is 20.3. The number of anilines is 1. The number of carbonyl (C=O) groups is 2. The molecule has 0 unspecified atom stereocenters. The lowest BCUT2D eigenvalue weighted by atomic mass is 9.84. The van der Waals surface area contributed by atoms with E-state index in [9.17, 15) is 9.59 Å². The predicted octanol–water partition coefficient (Wildman–Crippen LogP) is 4.80. The minimum Gasteiger partial charge on any atom is -0.447 e. The van der Waals surface area contributed by atoms with Gasteiger partial charge in [-0.15, -0.1) is 0 Å². The molecular formula is C25H20BrN3O3. The molecule has 0 bridgehead atoms. The predicted molar refractivity (Wildman–Crippen MR) is 126 cm³/mol. The minimum absolute atomic E-state index is 0.206. The van der Waals surface area contributed by atoms with Crippen LogP contribution >= 0.6 is 15.9 Å². The van der Waals surface area contributed by atoms with E-state index in [0.717, 1.165) is 27.0 Å². The number of nitrogens with zero attached hydrogens (tertiary/aromatic N) is 3. The molecule has 0 N–H and O–H groups in total. The molecule has 0 spiro atoms. The third kappa shape index (κ3) is 3.69. The van der Waals surface area contributed by atoms with Crippen LogP contribution in [-0.2, 0) is 9.53 Å². The highest BCUT2D eigenvalue weighted by Crippen LogP contribution is 2.38. The molecule has 2 heterocycles. The Hall–Kier alpha value is -3.45. The monoisotopic (exact) mass is 489 g/mol. The fourth-order valence-corrected chi connectivity index (χ4v) is 4.45. The van der Waals surface area contributed by atoms with Crippen molar-refractivity contribution in [1.82, 2.24) is 4.90 Å². The molecule has 3 aromatic rings. The number of cyclic esters (lactones) is 1. The van der Waals surface area contributed by atoms with E-state index in [2.05, 4.69) is 15.9 Å². The summed E-state index contributed by atoms with van der Waals surface area (Å²) in [5, 5.41) is 6.69. The van der Waals surface area contributed by atoms with Crippen molar-refractivity contribution in [3.63, 3.8) is 0 Å². The number of hydrazone groups is 1. The summed E-state index contributed by atoms with van der Waals surface area (Å²) in [7, 11) is 0. The Morgan fingerprint density at radius 3 is 2.22 bits per heavy atom. The number of amides is 2. The van der Waals surface area contributed by atoms with Crippen molar-refractivity contribution in [3.8, 4) is 0 Å².